The molecule has 33 heavy (non-hydrogen) atoms. The van der Waals surface area contributed by atoms with Gasteiger partial charge in [0.2, 0.25) is 17.6 Å². The average Bonchev–Trinajstić information content (AvgIpc) is 3.33. The van der Waals surface area contributed by atoms with Gasteiger partial charge in [-0.15, -0.1) is 0 Å². The van der Waals surface area contributed by atoms with Crippen LogP contribution in [0.3, 0.4) is 0 Å². The van der Waals surface area contributed by atoms with Crippen molar-refractivity contribution in [3.8, 4) is 11.4 Å². The second-order valence-electron chi connectivity index (χ2n) is 7.89. The fraction of sp³-hybridized carbons (Fsp3) is 0.333. The Morgan fingerprint density at radius 1 is 1.12 bits per heavy atom. The van der Waals surface area contributed by atoms with Crippen molar-refractivity contribution in [1.82, 2.24) is 19.9 Å². The van der Waals surface area contributed by atoms with Crippen LogP contribution in [0.2, 0.25) is 10.0 Å². The van der Waals surface area contributed by atoms with Gasteiger partial charge < -0.3 is 14.3 Å². The molecule has 2 amide bonds. The van der Waals surface area contributed by atoms with Gasteiger partial charge in [-0.05, 0) is 62.6 Å². The number of carbonyl (C=O) groups is 2. The summed E-state index contributed by atoms with van der Waals surface area (Å²) in [5.74, 6) is 0.465. The lowest BCUT2D eigenvalue weighted by atomic mass is 10.0. The summed E-state index contributed by atoms with van der Waals surface area (Å²) in [6.45, 7) is 2.81. The van der Waals surface area contributed by atoms with Crippen molar-refractivity contribution < 1.29 is 14.1 Å². The van der Waals surface area contributed by atoms with Crippen molar-refractivity contribution >= 4 is 35.0 Å². The highest BCUT2D eigenvalue weighted by atomic mass is 35.5. The second-order valence-corrected chi connectivity index (χ2v) is 8.76. The van der Waals surface area contributed by atoms with E-state index in [0.717, 1.165) is 24.8 Å². The third-order valence-electron chi connectivity index (χ3n) is 5.72. The number of hydrogen-bond donors (Lipinski definition) is 0. The molecule has 0 radical (unpaired) electrons. The number of rotatable bonds is 6. The Balaban J connectivity index is 1.50. The van der Waals surface area contributed by atoms with Crippen molar-refractivity contribution in [1.29, 1.82) is 0 Å². The standard InChI is InChI=1S/C24H24Cl2N4O3/c1-2-29(24(32)16-9-11-18(25)12-10-16)15-21(31)30-13-4-3-8-20(30)23-27-22(28-33-23)17-6-5-7-19(26)14-17/h5-7,9-12,14,20H,2-4,8,13,15H2,1H3. The van der Waals surface area contributed by atoms with E-state index >= 15 is 0 Å². The van der Waals surface area contributed by atoms with Crippen LogP contribution in [0.5, 0.6) is 0 Å². The molecule has 3 aromatic rings. The Labute approximate surface area is 202 Å². The topological polar surface area (TPSA) is 79.5 Å². The predicted molar refractivity (Wildman–Crippen MR) is 126 cm³/mol. The van der Waals surface area contributed by atoms with E-state index in [4.69, 9.17) is 27.7 Å². The van der Waals surface area contributed by atoms with Gasteiger partial charge >= 0.3 is 0 Å². The summed E-state index contributed by atoms with van der Waals surface area (Å²) in [7, 11) is 0. The lowest BCUT2D eigenvalue weighted by Gasteiger charge is -2.35. The number of hydrogen-bond acceptors (Lipinski definition) is 5. The number of carbonyl (C=O) groups excluding carboxylic acids is 2. The van der Waals surface area contributed by atoms with Gasteiger partial charge in [-0.1, -0.05) is 40.5 Å². The first-order chi connectivity index (χ1) is 16.0. The number of nitrogens with zero attached hydrogens (tertiary/aromatic N) is 4. The molecule has 1 aliphatic rings. The third-order valence-corrected chi connectivity index (χ3v) is 6.21. The van der Waals surface area contributed by atoms with Crippen LogP contribution in [0.15, 0.2) is 53.1 Å². The minimum atomic E-state index is -0.323. The molecule has 4 rings (SSSR count). The van der Waals surface area contributed by atoms with Gasteiger partial charge in [-0.3, -0.25) is 9.59 Å². The molecule has 1 fully saturated rings. The van der Waals surface area contributed by atoms with Crippen LogP contribution in [0.25, 0.3) is 11.4 Å². The number of aromatic nitrogens is 2. The molecule has 1 aromatic heterocycles. The molecule has 0 spiro atoms. The van der Waals surface area contributed by atoms with Gasteiger partial charge in [0.25, 0.3) is 5.91 Å². The fourth-order valence-corrected chi connectivity index (χ4v) is 4.27. The number of benzene rings is 2. The second kappa shape index (κ2) is 10.4. The van der Waals surface area contributed by atoms with Gasteiger partial charge in [0.15, 0.2) is 0 Å². The van der Waals surface area contributed by atoms with Gasteiger partial charge in [-0.2, -0.15) is 4.98 Å². The summed E-state index contributed by atoms with van der Waals surface area (Å²) in [5, 5.41) is 5.23. The van der Waals surface area contributed by atoms with Gasteiger partial charge in [-0.25, -0.2) is 0 Å². The van der Waals surface area contributed by atoms with Crippen molar-refractivity contribution in [2.24, 2.45) is 0 Å². The highest BCUT2D eigenvalue weighted by Crippen LogP contribution is 2.31. The zero-order chi connectivity index (χ0) is 23.4. The van der Waals surface area contributed by atoms with E-state index in [2.05, 4.69) is 10.1 Å². The van der Waals surface area contributed by atoms with E-state index in [1.165, 1.54) is 4.90 Å². The molecule has 2 aromatic carbocycles. The van der Waals surface area contributed by atoms with Gasteiger partial charge in [0.05, 0.1) is 0 Å². The maximum atomic E-state index is 13.3. The van der Waals surface area contributed by atoms with Gasteiger partial charge in [0, 0.05) is 34.3 Å². The Hall–Kier alpha value is -2.90. The third kappa shape index (κ3) is 5.37. The zero-order valence-electron chi connectivity index (χ0n) is 18.2. The summed E-state index contributed by atoms with van der Waals surface area (Å²) in [4.78, 5) is 34.0. The molecule has 0 bridgehead atoms. The fourth-order valence-electron chi connectivity index (χ4n) is 3.96. The lowest BCUT2D eigenvalue weighted by molar-refractivity contribution is -0.136. The largest absolute Gasteiger partial charge is 0.337 e. The van der Waals surface area contributed by atoms with Crippen LogP contribution in [-0.2, 0) is 4.79 Å². The van der Waals surface area contributed by atoms with Crippen molar-refractivity contribution in [3.63, 3.8) is 0 Å². The molecule has 0 aliphatic carbocycles. The summed E-state index contributed by atoms with van der Waals surface area (Å²) in [6.07, 6.45) is 2.56. The van der Waals surface area contributed by atoms with Crippen LogP contribution >= 0.6 is 23.2 Å². The predicted octanol–water partition coefficient (Wildman–Crippen LogP) is 5.26. The number of halogens is 2. The quantitative estimate of drug-likeness (QED) is 0.474. The first kappa shape index (κ1) is 23.3. The minimum absolute atomic E-state index is 0.0241. The van der Waals surface area contributed by atoms with E-state index in [1.54, 1.807) is 41.3 Å². The molecule has 1 aliphatic heterocycles. The van der Waals surface area contributed by atoms with Crippen LogP contribution in [0.1, 0.15) is 48.5 Å². The van der Waals surface area contributed by atoms with E-state index in [9.17, 15) is 9.59 Å². The SMILES string of the molecule is CCN(CC(=O)N1CCCCC1c1nc(-c2cccc(Cl)c2)no1)C(=O)c1ccc(Cl)cc1. The molecule has 1 saturated heterocycles. The maximum Gasteiger partial charge on any atom is 0.254 e. The van der Waals surface area contributed by atoms with E-state index in [1.807, 2.05) is 19.1 Å². The molecule has 7 nitrogen and oxygen atoms in total. The van der Waals surface area contributed by atoms with Crippen molar-refractivity contribution in [2.75, 3.05) is 19.6 Å². The Bertz CT molecular complexity index is 1130. The first-order valence-corrected chi connectivity index (χ1v) is 11.7. The maximum absolute atomic E-state index is 13.3. The summed E-state index contributed by atoms with van der Waals surface area (Å²) in [5.41, 5.74) is 1.24. The molecule has 2 heterocycles. The zero-order valence-corrected chi connectivity index (χ0v) is 19.7. The lowest BCUT2D eigenvalue weighted by Crippen LogP contribution is -2.46. The Morgan fingerprint density at radius 2 is 1.91 bits per heavy atom. The highest BCUT2D eigenvalue weighted by Gasteiger charge is 2.33. The van der Waals surface area contributed by atoms with Gasteiger partial charge in [0.1, 0.15) is 12.6 Å². The molecular weight excluding hydrogens is 463 g/mol. The molecule has 172 valence electrons. The molecular formula is C24H24Cl2N4O3. The number of likely N-dealkylation sites (tertiary alicyclic amines) is 1. The monoisotopic (exact) mass is 486 g/mol. The van der Waals surface area contributed by atoms with Crippen molar-refractivity contribution in [3.05, 3.63) is 70.0 Å². The van der Waals surface area contributed by atoms with Crippen LogP contribution in [0.4, 0.5) is 0 Å². The smallest absolute Gasteiger partial charge is 0.254 e. The van der Waals surface area contributed by atoms with Crippen molar-refractivity contribution in [2.45, 2.75) is 32.2 Å². The van der Waals surface area contributed by atoms with Crippen LogP contribution in [0, 0.1) is 0 Å². The Morgan fingerprint density at radius 3 is 2.64 bits per heavy atom. The number of likely N-dealkylation sites (N-methyl/N-ethyl adjacent to an activating group) is 1. The van der Waals surface area contributed by atoms with E-state index < -0.39 is 0 Å². The van der Waals surface area contributed by atoms with Crippen LogP contribution < -0.4 is 0 Å². The molecule has 9 heteroatoms. The summed E-state index contributed by atoms with van der Waals surface area (Å²) >= 11 is 12.0. The first-order valence-electron chi connectivity index (χ1n) is 10.9. The number of piperidine rings is 1. The molecule has 0 N–H and O–H groups in total. The normalized spacial score (nSPS) is 16.0. The summed E-state index contributed by atoms with van der Waals surface area (Å²) in [6, 6.07) is 13.5. The van der Waals surface area contributed by atoms with Crippen LogP contribution in [-0.4, -0.2) is 51.4 Å². The van der Waals surface area contributed by atoms with E-state index in [-0.39, 0.29) is 24.4 Å². The minimum Gasteiger partial charge on any atom is -0.337 e. The molecule has 1 unspecified atom stereocenters. The Kier molecular flexibility index (Phi) is 7.30. The average molecular weight is 487 g/mol. The highest BCUT2D eigenvalue weighted by molar-refractivity contribution is 6.31. The summed E-state index contributed by atoms with van der Waals surface area (Å²) < 4.78 is 5.55. The molecule has 1 atom stereocenters. The number of amides is 2. The van der Waals surface area contributed by atoms with E-state index in [0.29, 0.717) is 40.4 Å². The molecule has 0 saturated carbocycles.